The lowest BCUT2D eigenvalue weighted by molar-refractivity contribution is 0.196. The number of halogens is 3. The van der Waals surface area contributed by atoms with E-state index in [4.69, 9.17) is 21.6 Å². The van der Waals surface area contributed by atoms with Crippen LogP contribution >= 0.6 is 11.6 Å². The van der Waals surface area contributed by atoms with E-state index in [9.17, 15) is 8.78 Å². The van der Waals surface area contributed by atoms with Crippen molar-refractivity contribution in [2.45, 2.75) is 25.9 Å². The summed E-state index contributed by atoms with van der Waals surface area (Å²) in [6, 6.07) is 2.22. The number of hydrogen-bond acceptors (Lipinski definition) is 7. The summed E-state index contributed by atoms with van der Waals surface area (Å²) in [5.41, 5.74) is 0. The Bertz CT molecular complexity index is 821. The maximum Gasteiger partial charge on any atom is 0.257 e. The highest BCUT2D eigenvalue weighted by Gasteiger charge is 2.26. The van der Waals surface area contributed by atoms with Crippen molar-refractivity contribution in [3.63, 3.8) is 0 Å². The van der Waals surface area contributed by atoms with E-state index in [1.165, 1.54) is 0 Å². The molecule has 136 valence electrons. The number of rotatable bonds is 4. The molecular formula is C16H15ClF2N6O. The highest BCUT2D eigenvalue weighted by atomic mass is 35.5. The molecule has 1 fully saturated rings. The standard InChI is InChI=1S/C16H15ClF2N6O/c1-9(13-21-7-11(18)8-22-13)26-15-12(19)14(23-16(17)24-15)25-4-2-10(6-20)3-5-25/h7-10H,2-5H2,1H3. The van der Waals surface area contributed by atoms with Gasteiger partial charge in [0.05, 0.1) is 18.5 Å². The summed E-state index contributed by atoms with van der Waals surface area (Å²) in [6.07, 6.45) is 2.46. The van der Waals surface area contributed by atoms with Crippen LogP contribution in [0.2, 0.25) is 5.28 Å². The summed E-state index contributed by atoms with van der Waals surface area (Å²) >= 11 is 5.92. The van der Waals surface area contributed by atoms with Crippen LogP contribution in [0.15, 0.2) is 12.4 Å². The summed E-state index contributed by atoms with van der Waals surface area (Å²) in [5, 5.41) is 8.81. The summed E-state index contributed by atoms with van der Waals surface area (Å²) in [7, 11) is 0. The minimum Gasteiger partial charge on any atom is -0.464 e. The maximum atomic E-state index is 14.8. The normalized spacial score (nSPS) is 16.2. The molecule has 2 aromatic heterocycles. The fraction of sp³-hybridized carbons (Fsp3) is 0.438. The molecule has 1 atom stereocenters. The first-order valence-electron chi connectivity index (χ1n) is 7.99. The van der Waals surface area contributed by atoms with E-state index in [0.717, 1.165) is 12.4 Å². The SMILES string of the molecule is CC(Oc1nc(Cl)nc(N2CCC(C#N)CC2)c1F)c1ncc(F)cn1. The molecule has 0 aromatic carbocycles. The number of aromatic nitrogens is 4. The first kappa shape index (κ1) is 18.2. The Morgan fingerprint density at radius 1 is 1.27 bits per heavy atom. The number of ether oxygens (including phenoxy) is 1. The van der Waals surface area contributed by atoms with E-state index in [-0.39, 0.29) is 28.7 Å². The zero-order chi connectivity index (χ0) is 18.7. The Morgan fingerprint density at radius 2 is 1.92 bits per heavy atom. The van der Waals surface area contributed by atoms with Gasteiger partial charge in [-0.05, 0) is 31.4 Å². The van der Waals surface area contributed by atoms with E-state index in [2.05, 4.69) is 26.0 Å². The summed E-state index contributed by atoms with van der Waals surface area (Å²) < 4.78 is 33.2. The van der Waals surface area contributed by atoms with E-state index < -0.39 is 17.7 Å². The van der Waals surface area contributed by atoms with Crippen LogP contribution in [0.1, 0.15) is 31.7 Å². The Morgan fingerprint density at radius 3 is 2.54 bits per heavy atom. The summed E-state index contributed by atoms with van der Waals surface area (Å²) in [4.78, 5) is 17.1. The molecule has 0 radical (unpaired) electrons. The largest absolute Gasteiger partial charge is 0.464 e. The quantitative estimate of drug-likeness (QED) is 0.753. The van der Waals surface area contributed by atoms with Gasteiger partial charge >= 0.3 is 0 Å². The fourth-order valence-corrected chi connectivity index (χ4v) is 2.81. The van der Waals surface area contributed by atoms with Gasteiger partial charge in [-0.2, -0.15) is 19.6 Å². The van der Waals surface area contributed by atoms with E-state index in [1.807, 2.05) is 0 Å². The second-order valence-electron chi connectivity index (χ2n) is 5.85. The molecule has 0 amide bonds. The topological polar surface area (TPSA) is 87.8 Å². The van der Waals surface area contributed by atoms with E-state index >= 15 is 0 Å². The van der Waals surface area contributed by atoms with Crippen LogP contribution in [0.25, 0.3) is 0 Å². The molecule has 3 rings (SSSR count). The average Bonchev–Trinajstić information content (AvgIpc) is 2.65. The van der Waals surface area contributed by atoms with Gasteiger partial charge in [0, 0.05) is 19.0 Å². The molecule has 0 N–H and O–H groups in total. The molecule has 1 aliphatic rings. The van der Waals surface area contributed by atoms with Crippen molar-refractivity contribution in [3.05, 3.63) is 35.1 Å². The van der Waals surface area contributed by atoms with Crippen LogP contribution in [0.3, 0.4) is 0 Å². The molecule has 0 saturated carbocycles. The Balaban J connectivity index is 1.81. The molecule has 7 nitrogen and oxygen atoms in total. The number of nitriles is 1. The zero-order valence-electron chi connectivity index (χ0n) is 13.9. The van der Waals surface area contributed by atoms with Gasteiger partial charge in [0.15, 0.2) is 23.6 Å². The lowest BCUT2D eigenvalue weighted by Crippen LogP contribution is -2.34. The van der Waals surface area contributed by atoms with Crippen molar-refractivity contribution in [3.8, 4) is 11.9 Å². The Labute approximate surface area is 153 Å². The Hall–Kier alpha value is -2.60. The van der Waals surface area contributed by atoms with Gasteiger partial charge < -0.3 is 9.64 Å². The summed E-state index contributed by atoms with van der Waals surface area (Å²) in [5.74, 6) is -1.50. The summed E-state index contributed by atoms with van der Waals surface area (Å²) in [6.45, 7) is 2.55. The highest BCUT2D eigenvalue weighted by Crippen LogP contribution is 2.31. The highest BCUT2D eigenvalue weighted by molar-refractivity contribution is 6.28. The van der Waals surface area contributed by atoms with Crippen LogP contribution in [0.4, 0.5) is 14.6 Å². The molecular weight excluding hydrogens is 366 g/mol. The van der Waals surface area contributed by atoms with Crippen LogP contribution in [-0.2, 0) is 0 Å². The predicted molar refractivity (Wildman–Crippen MR) is 88.6 cm³/mol. The molecule has 0 spiro atoms. The van der Waals surface area contributed by atoms with Crippen molar-refractivity contribution in [1.82, 2.24) is 19.9 Å². The third-order valence-corrected chi connectivity index (χ3v) is 4.21. The molecule has 2 aromatic rings. The van der Waals surface area contributed by atoms with Gasteiger partial charge in [0.1, 0.15) is 0 Å². The third kappa shape index (κ3) is 3.96. The van der Waals surface area contributed by atoms with Gasteiger partial charge in [0.2, 0.25) is 11.1 Å². The number of piperidine rings is 1. The lowest BCUT2D eigenvalue weighted by atomic mass is 9.99. The van der Waals surface area contributed by atoms with Crippen molar-refractivity contribution >= 4 is 17.4 Å². The lowest BCUT2D eigenvalue weighted by Gasteiger charge is -2.30. The first-order chi connectivity index (χ1) is 12.5. The monoisotopic (exact) mass is 380 g/mol. The molecule has 10 heteroatoms. The van der Waals surface area contributed by atoms with Gasteiger partial charge in [-0.1, -0.05) is 0 Å². The second kappa shape index (κ2) is 7.74. The second-order valence-corrected chi connectivity index (χ2v) is 6.18. The minimum atomic E-state index is -0.770. The smallest absolute Gasteiger partial charge is 0.257 e. The third-order valence-electron chi connectivity index (χ3n) is 4.05. The van der Waals surface area contributed by atoms with Crippen LogP contribution < -0.4 is 9.64 Å². The fourth-order valence-electron chi connectivity index (χ4n) is 2.65. The van der Waals surface area contributed by atoms with Crippen molar-refractivity contribution < 1.29 is 13.5 Å². The number of anilines is 1. The molecule has 0 aliphatic carbocycles. The molecule has 1 aliphatic heterocycles. The van der Waals surface area contributed by atoms with Crippen molar-refractivity contribution in [2.24, 2.45) is 5.92 Å². The number of nitrogens with zero attached hydrogens (tertiary/aromatic N) is 6. The van der Waals surface area contributed by atoms with Gasteiger partial charge in [-0.3, -0.25) is 0 Å². The van der Waals surface area contributed by atoms with Crippen LogP contribution in [-0.4, -0.2) is 33.0 Å². The molecule has 3 heterocycles. The van der Waals surface area contributed by atoms with Crippen LogP contribution in [0.5, 0.6) is 5.88 Å². The van der Waals surface area contributed by atoms with Gasteiger partial charge in [-0.25, -0.2) is 14.4 Å². The minimum absolute atomic E-state index is 0.0311. The van der Waals surface area contributed by atoms with E-state index in [1.54, 1.807) is 11.8 Å². The van der Waals surface area contributed by atoms with Gasteiger partial charge in [-0.15, -0.1) is 0 Å². The van der Waals surface area contributed by atoms with Crippen molar-refractivity contribution in [2.75, 3.05) is 18.0 Å². The maximum absolute atomic E-state index is 14.8. The van der Waals surface area contributed by atoms with Gasteiger partial charge in [0.25, 0.3) is 5.88 Å². The molecule has 1 saturated heterocycles. The van der Waals surface area contributed by atoms with Crippen LogP contribution in [0, 0.1) is 28.9 Å². The molecule has 26 heavy (non-hydrogen) atoms. The predicted octanol–water partition coefficient (Wildman–Crippen LogP) is 3.08. The van der Waals surface area contributed by atoms with E-state index in [0.29, 0.717) is 25.9 Å². The first-order valence-corrected chi connectivity index (χ1v) is 8.37. The Kier molecular flexibility index (Phi) is 5.42. The van der Waals surface area contributed by atoms with Crippen molar-refractivity contribution in [1.29, 1.82) is 5.26 Å². The number of hydrogen-bond donors (Lipinski definition) is 0. The molecule has 1 unspecified atom stereocenters. The molecule has 0 bridgehead atoms. The zero-order valence-corrected chi connectivity index (χ0v) is 14.6. The average molecular weight is 381 g/mol.